The van der Waals surface area contributed by atoms with Crippen LogP contribution in [0.25, 0.3) is 0 Å². The highest BCUT2D eigenvalue weighted by molar-refractivity contribution is 5.81. The fraction of sp³-hybridized carbons (Fsp3) is 0.867. The van der Waals surface area contributed by atoms with Crippen LogP contribution in [-0.4, -0.2) is 47.1 Å². The molecular weight excluding hydrogens is 256 g/mol. The first kappa shape index (κ1) is 15.3. The molecule has 0 aromatic rings. The third-order valence-corrected chi connectivity index (χ3v) is 4.74. The van der Waals surface area contributed by atoms with Crippen LogP contribution in [0.1, 0.15) is 51.9 Å². The highest BCUT2D eigenvalue weighted by Gasteiger charge is 2.28. The van der Waals surface area contributed by atoms with Gasteiger partial charge in [-0.2, -0.15) is 0 Å². The predicted octanol–water partition coefficient (Wildman–Crippen LogP) is 1.62. The summed E-state index contributed by atoms with van der Waals surface area (Å²) in [5.41, 5.74) is 0. The van der Waals surface area contributed by atoms with Gasteiger partial charge in [-0.05, 0) is 51.6 Å². The van der Waals surface area contributed by atoms with Gasteiger partial charge >= 0.3 is 5.97 Å². The number of aliphatic carboxylic acids is 1. The van der Waals surface area contributed by atoms with Gasteiger partial charge in [0, 0.05) is 12.5 Å². The van der Waals surface area contributed by atoms with Crippen molar-refractivity contribution in [2.45, 2.75) is 64.0 Å². The first-order valence-corrected chi connectivity index (χ1v) is 7.82. The minimum atomic E-state index is -0.713. The van der Waals surface area contributed by atoms with E-state index in [9.17, 15) is 9.59 Å². The van der Waals surface area contributed by atoms with E-state index >= 15 is 0 Å². The van der Waals surface area contributed by atoms with Crippen LogP contribution < -0.4 is 5.32 Å². The van der Waals surface area contributed by atoms with Gasteiger partial charge in [-0.3, -0.25) is 14.5 Å². The van der Waals surface area contributed by atoms with Crippen molar-refractivity contribution in [1.29, 1.82) is 0 Å². The summed E-state index contributed by atoms with van der Waals surface area (Å²) in [7, 11) is 0. The zero-order valence-electron chi connectivity index (χ0n) is 12.3. The number of likely N-dealkylation sites (tertiary alicyclic amines) is 1. The van der Waals surface area contributed by atoms with Gasteiger partial charge in [0.2, 0.25) is 5.91 Å². The Morgan fingerprint density at radius 3 is 2.35 bits per heavy atom. The van der Waals surface area contributed by atoms with Gasteiger partial charge in [-0.1, -0.05) is 12.8 Å². The SMILES string of the molecule is CC(C(=O)NC1CCCC1)N1CCC(CC(=O)O)CC1. The van der Waals surface area contributed by atoms with Crippen molar-refractivity contribution in [3.8, 4) is 0 Å². The number of amides is 1. The third kappa shape index (κ3) is 4.20. The zero-order chi connectivity index (χ0) is 14.5. The lowest BCUT2D eigenvalue weighted by molar-refractivity contribution is -0.139. The fourth-order valence-electron chi connectivity index (χ4n) is 3.35. The number of carbonyl (C=O) groups excluding carboxylic acids is 1. The molecule has 2 fully saturated rings. The van der Waals surface area contributed by atoms with Crippen LogP contribution in [0.5, 0.6) is 0 Å². The number of nitrogens with one attached hydrogen (secondary N) is 1. The second-order valence-corrected chi connectivity index (χ2v) is 6.24. The van der Waals surface area contributed by atoms with Crippen LogP contribution in [0.4, 0.5) is 0 Å². The molecule has 0 aromatic carbocycles. The van der Waals surface area contributed by atoms with Gasteiger partial charge in [0.25, 0.3) is 0 Å². The molecule has 1 unspecified atom stereocenters. The van der Waals surface area contributed by atoms with E-state index in [1.807, 2.05) is 6.92 Å². The van der Waals surface area contributed by atoms with Crippen molar-refractivity contribution in [2.24, 2.45) is 5.92 Å². The van der Waals surface area contributed by atoms with Crippen LogP contribution >= 0.6 is 0 Å². The summed E-state index contributed by atoms with van der Waals surface area (Å²) in [6.45, 7) is 3.62. The largest absolute Gasteiger partial charge is 0.481 e. The van der Waals surface area contributed by atoms with E-state index in [2.05, 4.69) is 10.2 Å². The summed E-state index contributed by atoms with van der Waals surface area (Å²) >= 11 is 0. The Morgan fingerprint density at radius 2 is 1.80 bits per heavy atom. The summed E-state index contributed by atoms with van der Waals surface area (Å²) in [4.78, 5) is 25.1. The minimum absolute atomic E-state index is 0.0959. The summed E-state index contributed by atoms with van der Waals surface area (Å²) in [5.74, 6) is -0.307. The number of nitrogens with zero attached hydrogens (tertiary/aromatic N) is 1. The highest BCUT2D eigenvalue weighted by Crippen LogP contribution is 2.22. The Bertz CT molecular complexity index is 345. The summed E-state index contributed by atoms with van der Waals surface area (Å²) in [5, 5.41) is 12.0. The molecule has 1 aliphatic heterocycles. The van der Waals surface area contributed by atoms with Crippen molar-refractivity contribution in [2.75, 3.05) is 13.1 Å². The normalized spacial score (nSPS) is 23.6. The van der Waals surface area contributed by atoms with E-state index in [0.29, 0.717) is 6.04 Å². The molecule has 114 valence electrons. The Morgan fingerprint density at radius 1 is 1.20 bits per heavy atom. The number of carboxylic acids is 1. The van der Waals surface area contributed by atoms with Gasteiger partial charge in [-0.25, -0.2) is 0 Å². The molecule has 1 heterocycles. The maximum absolute atomic E-state index is 12.2. The molecule has 0 spiro atoms. The molecule has 0 bridgehead atoms. The molecule has 2 N–H and O–H groups in total. The van der Waals surface area contributed by atoms with Gasteiger partial charge in [0.05, 0.1) is 6.04 Å². The maximum Gasteiger partial charge on any atom is 0.303 e. The van der Waals surface area contributed by atoms with Crippen molar-refractivity contribution < 1.29 is 14.7 Å². The molecule has 1 saturated carbocycles. The zero-order valence-corrected chi connectivity index (χ0v) is 12.3. The molecule has 1 atom stereocenters. The van der Waals surface area contributed by atoms with E-state index in [1.54, 1.807) is 0 Å². The molecule has 0 radical (unpaired) electrons. The smallest absolute Gasteiger partial charge is 0.303 e. The Kier molecular flexibility index (Phi) is 5.40. The molecule has 2 rings (SSSR count). The predicted molar refractivity (Wildman–Crippen MR) is 76.4 cm³/mol. The lowest BCUT2D eigenvalue weighted by Gasteiger charge is -2.35. The molecular formula is C15H26N2O3. The topological polar surface area (TPSA) is 69.6 Å². The molecule has 1 saturated heterocycles. The number of carboxylic acid groups (broad SMARTS) is 1. The molecule has 0 aromatic heterocycles. The Balaban J connectivity index is 1.74. The van der Waals surface area contributed by atoms with Crippen molar-refractivity contribution in [3.05, 3.63) is 0 Å². The third-order valence-electron chi connectivity index (χ3n) is 4.74. The standard InChI is InChI=1S/C15H26N2O3/c1-11(15(20)16-13-4-2-3-5-13)17-8-6-12(7-9-17)10-14(18)19/h11-13H,2-10H2,1H3,(H,16,20)(H,18,19). The molecule has 1 amide bonds. The van der Waals surface area contributed by atoms with Crippen LogP contribution in [0.3, 0.4) is 0 Å². The molecule has 5 heteroatoms. The number of piperidine rings is 1. The van der Waals surface area contributed by atoms with E-state index < -0.39 is 5.97 Å². The number of hydrogen-bond donors (Lipinski definition) is 2. The van der Waals surface area contributed by atoms with Gasteiger partial charge < -0.3 is 10.4 Å². The first-order chi connectivity index (χ1) is 9.56. The molecule has 20 heavy (non-hydrogen) atoms. The lowest BCUT2D eigenvalue weighted by atomic mass is 9.93. The average Bonchev–Trinajstić information content (AvgIpc) is 2.91. The van der Waals surface area contributed by atoms with Crippen molar-refractivity contribution in [1.82, 2.24) is 10.2 Å². The minimum Gasteiger partial charge on any atom is -0.481 e. The molecule has 2 aliphatic rings. The van der Waals surface area contributed by atoms with Crippen LogP contribution in [-0.2, 0) is 9.59 Å². The molecule has 1 aliphatic carbocycles. The van der Waals surface area contributed by atoms with Crippen LogP contribution in [0, 0.1) is 5.92 Å². The summed E-state index contributed by atoms with van der Waals surface area (Å²) in [6.07, 6.45) is 6.69. The summed E-state index contributed by atoms with van der Waals surface area (Å²) in [6, 6.07) is 0.274. The van der Waals surface area contributed by atoms with E-state index in [1.165, 1.54) is 12.8 Å². The maximum atomic E-state index is 12.2. The summed E-state index contributed by atoms with van der Waals surface area (Å²) < 4.78 is 0. The Labute approximate surface area is 120 Å². The van der Waals surface area contributed by atoms with Crippen molar-refractivity contribution >= 4 is 11.9 Å². The van der Waals surface area contributed by atoms with E-state index in [-0.39, 0.29) is 24.3 Å². The van der Waals surface area contributed by atoms with E-state index in [0.717, 1.165) is 38.8 Å². The monoisotopic (exact) mass is 282 g/mol. The van der Waals surface area contributed by atoms with E-state index in [4.69, 9.17) is 5.11 Å². The Hall–Kier alpha value is -1.10. The van der Waals surface area contributed by atoms with Crippen LogP contribution in [0.2, 0.25) is 0 Å². The first-order valence-electron chi connectivity index (χ1n) is 7.82. The quantitative estimate of drug-likeness (QED) is 0.804. The second kappa shape index (κ2) is 7.07. The van der Waals surface area contributed by atoms with Gasteiger partial charge in [0.15, 0.2) is 0 Å². The number of carbonyl (C=O) groups is 2. The van der Waals surface area contributed by atoms with Gasteiger partial charge in [-0.15, -0.1) is 0 Å². The number of rotatable bonds is 5. The fourth-order valence-corrected chi connectivity index (χ4v) is 3.35. The lowest BCUT2D eigenvalue weighted by Crippen LogP contribution is -2.50. The highest BCUT2D eigenvalue weighted by atomic mass is 16.4. The van der Waals surface area contributed by atoms with Crippen molar-refractivity contribution in [3.63, 3.8) is 0 Å². The van der Waals surface area contributed by atoms with Crippen LogP contribution in [0.15, 0.2) is 0 Å². The molecule has 5 nitrogen and oxygen atoms in total. The van der Waals surface area contributed by atoms with Gasteiger partial charge in [0.1, 0.15) is 0 Å². The number of hydrogen-bond acceptors (Lipinski definition) is 3. The second-order valence-electron chi connectivity index (χ2n) is 6.24. The average molecular weight is 282 g/mol.